The molecule has 1 amide bonds. The van der Waals surface area contributed by atoms with E-state index >= 15 is 0 Å². The van der Waals surface area contributed by atoms with Gasteiger partial charge in [-0.3, -0.25) is 4.79 Å². The van der Waals surface area contributed by atoms with Crippen molar-refractivity contribution in [1.29, 1.82) is 0 Å². The Morgan fingerprint density at radius 1 is 0.897 bits per heavy atom. The van der Waals surface area contributed by atoms with Gasteiger partial charge >= 0.3 is 0 Å². The predicted octanol–water partition coefficient (Wildman–Crippen LogP) is 4.48. The minimum Gasteiger partial charge on any atom is -0.495 e. The number of hydrogen-bond acceptors (Lipinski definition) is 3. The molecule has 3 aromatic rings. The van der Waals surface area contributed by atoms with Gasteiger partial charge in [0.25, 0.3) is 5.91 Å². The van der Waals surface area contributed by atoms with E-state index in [9.17, 15) is 4.79 Å². The quantitative estimate of drug-likeness (QED) is 0.506. The molecule has 0 aliphatic rings. The molecule has 3 aromatic carbocycles. The Morgan fingerprint density at radius 2 is 1.59 bits per heavy atom. The van der Waals surface area contributed by atoms with Gasteiger partial charge in [0.2, 0.25) is 0 Å². The SMILES string of the molecule is COc1ccccc1NC(=O)c1ccc(NC(=S)NCCc2ccccc2)cc1. The third kappa shape index (κ3) is 6.05. The first-order chi connectivity index (χ1) is 14.2. The zero-order valence-corrected chi connectivity index (χ0v) is 17.0. The number of hydrogen-bond donors (Lipinski definition) is 3. The summed E-state index contributed by atoms with van der Waals surface area (Å²) in [6.07, 6.45) is 0.894. The average molecular weight is 406 g/mol. The fourth-order valence-electron chi connectivity index (χ4n) is 2.79. The summed E-state index contributed by atoms with van der Waals surface area (Å²) in [5, 5.41) is 9.73. The van der Waals surface area contributed by atoms with E-state index in [1.165, 1.54) is 5.56 Å². The number of carbonyl (C=O) groups excluding carboxylic acids is 1. The summed E-state index contributed by atoms with van der Waals surface area (Å²) in [5.74, 6) is 0.413. The van der Waals surface area contributed by atoms with Gasteiger partial charge in [0.1, 0.15) is 5.75 Å². The maximum Gasteiger partial charge on any atom is 0.255 e. The number of amides is 1. The van der Waals surface area contributed by atoms with Crippen LogP contribution in [-0.4, -0.2) is 24.7 Å². The predicted molar refractivity (Wildman–Crippen MR) is 122 cm³/mol. The van der Waals surface area contributed by atoms with Gasteiger partial charge in [-0.25, -0.2) is 0 Å². The van der Waals surface area contributed by atoms with Crippen LogP contribution >= 0.6 is 12.2 Å². The van der Waals surface area contributed by atoms with Crippen LogP contribution in [0.4, 0.5) is 11.4 Å². The third-order valence-electron chi connectivity index (χ3n) is 4.30. The summed E-state index contributed by atoms with van der Waals surface area (Å²) in [6, 6.07) is 24.7. The monoisotopic (exact) mass is 405 g/mol. The molecule has 0 saturated heterocycles. The van der Waals surface area contributed by atoms with Crippen molar-refractivity contribution < 1.29 is 9.53 Å². The molecular formula is C23H23N3O2S. The molecule has 3 rings (SSSR count). The van der Waals surface area contributed by atoms with Crippen molar-refractivity contribution >= 4 is 34.6 Å². The molecule has 0 atom stereocenters. The lowest BCUT2D eigenvalue weighted by Gasteiger charge is -2.12. The fourth-order valence-corrected chi connectivity index (χ4v) is 3.01. The van der Waals surface area contributed by atoms with Crippen LogP contribution in [-0.2, 0) is 6.42 Å². The molecule has 3 N–H and O–H groups in total. The summed E-state index contributed by atoms with van der Waals surface area (Å²) in [6.45, 7) is 0.745. The normalized spacial score (nSPS) is 10.1. The molecule has 0 aliphatic carbocycles. The van der Waals surface area contributed by atoms with Crippen molar-refractivity contribution in [2.75, 3.05) is 24.3 Å². The van der Waals surface area contributed by atoms with Crippen molar-refractivity contribution in [2.24, 2.45) is 0 Å². The molecule has 0 fully saturated rings. The van der Waals surface area contributed by atoms with Gasteiger partial charge in [0, 0.05) is 17.8 Å². The topological polar surface area (TPSA) is 62.4 Å². The average Bonchev–Trinajstić information content (AvgIpc) is 2.75. The van der Waals surface area contributed by atoms with Crippen LogP contribution in [0.3, 0.4) is 0 Å². The molecule has 29 heavy (non-hydrogen) atoms. The standard InChI is InChI=1S/C23H23N3O2S/c1-28-21-10-6-5-9-20(21)26-22(27)18-11-13-19(14-12-18)25-23(29)24-16-15-17-7-3-2-4-8-17/h2-14H,15-16H2,1H3,(H,26,27)(H2,24,25,29). The molecule has 148 valence electrons. The van der Waals surface area contributed by atoms with Crippen molar-refractivity contribution in [3.05, 3.63) is 90.0 Å². The van der Waals surface area contributed by atoms with Crippen LogP contribution in [0.5, 0.6) is 5.75 Å². The molecule has 0 saturated carbocycles. The molecule has 0 heterocycles. The van der Waals surface area contributed by atoms with Crippen LogP contribution in [0.2, 0.25) is 0 Å². The van der Waals surface area contributed by atoms with Gasteiger partial charge in [-0.2, -0.15) is 0 Å². The Morgan fingerprint density at radius 3 is 2.31 bits per heavy atom. The number of carbonyl (C=O) groups is 1. The van der Waals surface area contributed by atoms with E-state index in [0.29, 0.717) is 22.1 Å². The molecule has 0 radical (unpaired) electrons. The largest absolute Gasteiger partial charge is 0.495 e. The highest BCUT2D eigenvalue weighted by Crippen LogP contribution is 2.23. The molecule has 0 aliphatic heterocycles. The Labute approximate surface area is 176 Å². The molecule has 0 unspecified atom stereocenters. The van der Waals surface area contributed by atoms with Gasteiger partial charge in [-0.15, -0.1) is 0 Å². The second-order valence-corrected chi connectivity index (χ2v) is 6.76. The maximum absolute atomic E-state index is 12.5. The highest BCUT2D eigenvalue weighted by molar-refractivity contribution is 7.80. The van der Waals surface area contributed by atoms with E-state index in [0.717, 1.165) is 18.7 Å². The zero-order chi connectivity index (χ0) is 20.5. The van der Waals surface area contributed by atoms with Crippen LogP contribution < -0.4 is 20.7 Å². The second kappa shape index (κ2) is 10.2. The molecule has 5 nitrogen and oxygen atoms in total. The zero-order valence-electron chi connectivity index (χ0n) is 16.1. The number of rotatable bonds is 7. The van der Waals surface area contributed by atoms with Gasteiger partial charge in [-0.1, -0.05) is 42.5 Å². The molecule has 6 heteroatoms. The number of methoxy groups -OCH3 is 1. The summed E-state index contributed by atoms with van der Waals surface area (Å²) >= 11 is 5.33. The number of thiocarbonyl (C=S) groups is 1. The van der Waals surface area contributed by atoms with E-state index in [4.69, 9.17) is 17.0 Å². The Bertz CT molecular complexity index is 959. The lowest BCUT2D eigenvalue weighted by Crippen LogP contribution is -2.30. The van der Waals surface area contributed by atoms with Gasteiger partial charge in [0.15, 0.2) is 5.11 Å². The minimum absolute atomic E-state index is 0.204. The summed E-state index contributed by atoms with van der Waals surface area (Å²) in [5.41, 5.74) is 3.25. The molecular weight excluding hydrogens is 382 g/mol. The Balaban J connectivity index is 1.50. The van der Waals surface area contributed by atoms with Gasteiger partial charge in [0.05, 0.1) is 12.8 Å². The van der Waals surface area contributed by atoms with Crippen molar-refractivity contribution in [2.45, 2.75) is 6.42 Å². The smallest absolute Gasteiger partial charge is 0.255 e. The highest BCUT2D eigenvalue weighted by atomic mass is 32.1. The summed E-state index contributed by atoms with van der Waals surface area (Å²) < 4.78 is 5.26. The van der Waals surface area contributed by atoms with E-state index in [2.05, 4.69) is 28.1 Å². The first-order valence-corrected chi connectivity index (χ1v) is 9.70. The second-order valence-electron chi connectivity index (χ2n) is 6.35. The summed E-state index contributed by atoms with van der Waals surface area (Å²) in [7, 11) is 1.57. The third-order valence-corrected chi connectivity index (χ3v) is 4.55. The number of anilines is 2. The van der Waals surface area contributed by atoms with Crippen molar-refractivity contribution in [3.8, 4) is 5.75 Å². The molecule has 0 spiro atoms. The minimum atomic E-state index is -0.204. The van der Waals surface area contributed by atoms with E-state index < -0.39 is 0 Å². The van der Waals surface area contributed by atoms with Crippen LogP contribution in [0, 0.1) is 0 Å². The lowest BCUT2D eigenvalue weighted by atomic mass is 10.1. The summed E-state index contributed by atoms with van der Waals surface area (Å²) in [4.78, 5) is 12.5. The van der Waals surface area contributed by atoms with Crippen molar-refractivity contribution in [3.63, 3.8) is 0 Å². The van der Waals surface area contributed by atoms with Crippen LogP contribution in [0.1, 0.15) is 15.9 Å². The van der Waals surface area contributed by atoms with Crippen LogP contribution in [0.25, 0.3) is 0 Å². The Hall–Kier alpha value is -3.38. The van der Waals surface area contributed by atoms with Crippen molar-refractivity contribution in [1.82, 2.24) is 5.32 Å². The van der Waals surface area contributed by atoms with E-state index in [1.54, 1.807) is 31.4 Å². The number of nitrogens with one attached hydrogen (secondary N) is 3. The number of ether oxygens (including phenoxy) is 1. The fraction of sp³-hybridized carbons (Fsp3) is 0.130. The number of para-hydroxylation sites is 2. The number of benzene rings is 3. The van der Waals surface area contributed by atoms with E-state index in [1.807, 2.05) is 42.5 Å². The van der Waals surface area contributed by atoms with E-state index in [-0.39, 0.29) is 5.91 Å². The van der Waals surface area contributed by atoms with Gasteiger partial charge in [-0.05, 0) is 60.6 Å². The lowest BCUT2D eigenvalue weighted by molar-refractivity contribution is 0.102. The highest BCUT2D eigenvalue weighted by Gasteiger charge is 2.09. The van der Waals surface area contributed by atoms with Gasteiger partial charge < -0.3 is 20.7 Å². The molecule has 0 bridgehead atoms. The Kier molecular flexibility index (Phi) is 7.19. The first-order valence-electron chi connectivity index (χ1n) is 9.29. The molecule has 0 aromatic heterocycles. The first kappa shape index (κ1) is 20.4. The van der Waals surface area contributed by atoms with Crippen LogP contribution in [0.15, 0.2) is 78.9 Å². The maximum atomic E-state index is 12.5.